The number of carbonyl (C=O) groups excluding carboxylic acids is 1. The van der Waals surface area contributed by atoms with Crippen LogP contribution in [0.25, 0.3) is 0 Å². The SMILES string of the molecule is CC(C)C(=O)CC1(F)CN(C2CCN(C(C)C)CC2)C1. The summed E-state index contributed by atoms with van der Waals surface area (Å²) in [5, 5.41) is 0. The molecule has 3 nitrogen and oxygen atoms in total. The molecule has 0 spiro atoms. The van der Waals surface area contributed by atoms with Crippen molar-refractivity contribution in [2.75, 3.05) is 26.2 Å². The normalized spacial score (nSPS) is 25.1. The van der Waals surface area contributed by atoms with Crippen LogP contribution in [0.15, 0.2) is 0 Å². The number of carbonyl (C=O) groups is 1. The van der Waals surface area contributed by atoms with Gasteiger partial charge in [0.05, 0.1) is 0 Å². The second kappa shape index (κ2) is 6.10. The zero-order chi connectivity index (χ0) is 14.9. The van der Waals surface area contributed by atoms with Gasteiger partial charge < -0.3 is 4.90 Å². The zero-order valence-electron chi connectivity index (χ0n) is 13.4. The Labute approximate surface area is 122 Å². The maximum Gasteiger partial charge on any atom is 0.143 e. The average Bonchev–Trinajstić information content (AvgIpc) is 2.35. The Kier molecular flexibility index (Phi) is 4.85. The molecule has 0 saturated carbocycles. The maximum absolute atomic E-state index is 14.5. The van der Waals surface area contributed by atoms with E-state index in [1.54, 1.807) is 0 Å². The van der Waals surface area contributed by atoms with Crippen LogP contribution in [0.5, 0.6) is 0 Å². The molecule has 116 valence electrons. The third kappa shape index (κ3) is 3.59. The summed E-state index contributed by atoms with van der Waals surface area (Å²) in [5.74, 6) is 0.00716. The number of piperidine rings is 1. The summed E-state index contributed by atoms with van der Waals surface area (Å²) in [6, 6.07) is 1.12. The van der Waals surface area contributed by atoms with Gasteiger partial charge in [0.25, 0.3) is 0 Å². The van der Waals surface area contributed by atoms with Crippen molar-refractivity contribution in [3.63, 3.8) is 0 Å². The molecule has 0 N–H and O–H groups in total. The first kappa shape index (κ1) is 15.9. The molecule has 0 aromatic carbocycles. The van der Waals surface area contributed by atoms with Gasteiger partial charge in [0.15, 0.2) is 0 Å². The predicted octanol–water partition coefficient (Wildman–Crippen LogP) is 2.50. The molecular weight excluding hydrogens is 255 g/mol. The fourth-order valence-corrected chi connectivity index (χ4v) is 3.34. The lowest BCUT2D eigenvalue weighted by Crippen LogP contribution is -2.64. The summed E-state index contributed by atoms with van der Waals surface area (Å²) >= 11 is 0. The third-order valence-corrected chi connectivity index (χ3v) is 4.85. The van der Waals surface area contributed by atoms with E-state index in [0.29, 0.717) is 25.2 Å². The van der Waals surface area contributed by atoms with Gasteiger partial charge in [0.1, 0.15) is 11.5 Å². The summed E-state index contributed by atoms with van der Waals surface area (Å²) in [6.45, 7) is 11.3. The van der Waals surface area contributed by atoms with Crippen molar-refractivity contribution in [1.29, 1.82) is 0 Å². The fourth-order valence-electron chi connectivity index (χ4n) is 3.34. The molecule has 2 saturated heterocycles. The number of ketones is 1. The van der Waals surface area contributed by atoms with Crippen LogP contribution in [0.2, 0.25) is 0 Å². The Balaban J connectivity index is 1.75. The van der Waals surface area contributed by atoms with Gasteiger partial charge in [-0.15, -0.1) is 0 Å². The van der Waals surface area contributed by atoms with Gasteiger partial charge in [0.2, 0.25) is 0 Å². The number of Topliss-reactive ketones (excluding diaryl/α,β-unsaturated/α-hetero) is 1. The molecule has 0 unspecified atom stereocenters. The van der Waals surface area contributed by atoms with E-state index in [9.17, 15) is 9.18 Å². The standard InChI is InChI=1S/C16H29FN2O/c1-12(2)15(20)9-16(17)10-19(11-16)14-5-7-18(8-6-14)13(3)4/h12-14H,5-11H2,1-4H3. The van der Waals surface area contributed by atoms with Gasteiger partial charge in [0, 0.05) is 37.5 Å². The fraction of sp³-hybridized carbons (Fsp3) is 0.938. The van der Waals surface area contributed by atoms with E-state index in [4.69, 9.17) is 0 Å². The van der Waals surface area contributed by atoms with E-state index >= 15 is 0 Å². The minimum absolute atomic E-state index is 0.0500. The minimum atomic E-state index is -1.25. The molecule has 2 aliphatic rings. The van der Waals surface area contributed by atoms with Crippen LogP contribution in [0.1, 0.15) is 47.0 Å². The number of hydrogen-bond acceptors (Lipinski definition) is 3. The van der Waals surface area contributed by atoms with Crippen molar-refractivity contribution in [1.82, 2.24) is 9.80 Å². The molecule has 0 aliphatic carbocycles. The summed E-state index contributed by atoms with van der Waals surface area (Å²) < 4.78 is 14.5. The molecule has 0 atom stereocenters. The van der Waals surface area contributed by atoms with Gasteiger partial charge in [-0.25, -0.2) is 4.39 Å². The van der Waals surface area contributed by atoms with Gasteiger partial charge in [-0.2, -0.15) is 0 Å². The summed E-state index contributed by atoms with van der Waals surface area (Å²) in [4.78, 5) is 16.4. The average molecular weight is 284 g/mol. The molecule has 2 aliphatic heterocycles. The Hall–Kier alpha value is -0.480. The molecule has 2 heterocycles. The highest BCUT2D eigenvalue weighted by atomic mass is 19.1. The van der Waals surface area contributed by atoms with Crippen LogP contribution >= 0.6 is 0 Å². The van der Waals surface area contributed by atoms with Crippen molar-refractivity contribution in [3.8, 4) is 0 Å². The third-order valence-electron chi connectivity index (χ3n) is 4.85. The molecule has 4 heteroatoms. The zero-order valence-corrected chi connectivity index (χ0v) is 13.4. The summed E-state index contributed by atoms with van der Waals surface area (Å²) in [6.07, 6.45) is 2.37. The molecule has 0 radical (unpaired) electrons. The molecule has 20 heavy (non-hydrogen) atoms. The van der Waals surface area contributed by atoms with Gasteiger partial charge in [-0.05, 0) is 39.8 Å². The Morgan fingerprint density at radius 2 is 1.75 bits per heavy atom. The van der Waals surface area contributed by atoms with Crippen LogP contribution in [0, 0.1) is 5.92 Å². The highest BCUT2D eigenvalue weighted by Crippen LogP contribution is 2.34. The summed E-state index contributed by atoms with van der Waals surface area (Å²) in [7, 11) is 0. The molecule has 0 amide bonds. The van der Waals surface area contributed by atoms with E-state index in [2.05, 4.69) is 23.6 Å². The van der Waals surface area contributed by atoms with Crippen molar-refractivity contribution in [3.05, 3.63) is 0 Å². The van der Waals surface area contributed by atoms with Gasteiger partial charge >= 0.3 is 0 Å². The molecular formula is C16H29FN2O. The van der Waals surface area contributed by atoms with Gasteiger partial charge in [-0.3, -0.25) is 9.69 Å². The Morgan fingerprint density at radius 1 is 1.20 bits per heavy atom. The largest absolute Gasteiger partial charge is 0.301 e. The highest BCUT2D eigenvalue weighted by molar-refractivity contribution is 5.81. The molecule has 0 aromatic heterocycles. The van der Waals surface area contributed by atoms with Crippen LogP contribution in [0.4, 0.5) is 4.39 Å². The lowest BCUT2D eigenvalue weighted by atomic mass is 9.85. The van der Waals surface area contributed by atoms with Crippen LogP contribution in [-0.2, 0) is 4.79 Å². The van der Waals surface area contributed by atoms with Crippen molar-refractivity contribution in [2.24, 2.45) is 5.92 Å². The van der Waals surface area contributed by atoms with Crippen LogP contribution in [0.3, 0.4) is 0 Å². The van der Waals surface area contributed by atoms with Crippen molar-refractivity contribution in [2.45, 2.75) is 64.7 Å². The molecule has 0 bridgehead atoms. The predicted molar refractivity (Wildman–Crippen MR) is 79.6 cm³/mol. The second-order valence-corrected chi connectivity index (χ2v) is 7.21. The first-order chi connectivity index (χ1) is 9.31. The maximum atomic E-state index is 14.5. The van der Waals surface area contributed by atoms with Crippen LogP contribution < -0.4 is 0 Å². The Morgan fingerprint density at radius 3 is 2.20 bits per heavy atom. The number of halogens is 1. The molecule has 2 rings (SSSR count). The lowest BCUT2D eigenvalue weighted by Gasteiger charge is -2.50. The number of alkyl halides is 1. The minimum Gasteiger partial charge on any atom is -0.301 e. The van der Waals surface area contributed by atoms with E-state index in [-0.39, 0.29) is 18.1 Å². The number of hydrogen-bond donors (Lipinski definition) is 0. The summed E-state index contributed by atoms with van der Waals surface area (Å²) in [5.41, 5.74) is -1.25. The first-order valence-corrected chi connectivity index (χ1v) is 8.00. The van der Waals surface area contributed by atoms with E-state index in [1.807, 2.05) is 13.8 Å². The smallest absolute Gasteiger partial charge is 0.143 e. The van der Waals surface area contributed by atoms with Crippen LogP contribution in [-0.4, -0.2) is 59.5 Å². The monoisotopic (exact) mass is 284 g/mol. The van der Waals surface area contributed by atoms with Gasteiger partial charge in [-0.1, -0.05) is 13.8 Å². The van der Waals surface area contributed by atoms with Crippen molar-refractivity contribution >= 4 is 5.78 Å². The highest BCUT2D eigenvalue weighted by Gasteiger charge is 2.47. The number of likely N-dealkylation sites (tertiary alicyclic amines) is 2. The quantitative estimate of drug-likeness (QED) is 0.775. The molecule has 0 aromatic rings. The number of rotatable bonds is 5. The number of nitrogens with zero attached hydrogens (tertiary/aromatic N) is 2. The topological polar surface area (TPSA) is 23.6 Å². The van der Waals surface area contributed by atoms with E-state index in [0.717, 1.165) is 25.9 Å². The first-order valence-electron chi connectivity index (χ1n) is 8.00. The molecule has 2 fully saturated rings. The Bertz CT molecular complexity index is 342. The lowest BCUT2D eigenvalue weighted by molar-refractivity contribution is -0.132. The second-order valence-electron chi connectivity index (χ2n) is 7.21. The van der Waals surface area contributed by atoms with E-state index < -0.39 is 5.67 Å². The van der Waals surface area contributed by atoms with Crippen molar-refractivity contribution < 1.29 is 9.18 Å². The van der Waals surface area contributed by atoms with E-state index in [1.165, 1.54) is 0 Å².